The lowest BCUT2D eigenvalue weighted by Crippen LogP contribution is -2.32. The first-order valence-corrected chi connectivity index (χ1v) is 17.6. The molecule has 0 spiro atoms. The van der Waals surface area contributed by atoms with Gasteiger partial charge in [0.1, 0.15) is 0 Å². The zero-order chi connectivity index (χ0) is 33.4. The summed E-state index contributed by atoms with van der Waals surface area (Å²) in [7, 11) is 0. The van der Waals surface area contributed by atoms with Crippen molar-refractivity contribution < 1.29 is 0 Å². The summed E-state index contributed by atoms with van der Waals surface area (Å²) < 4.78 is 0. The molecule has 0 aliphatic heterocycles. The number of hydrogen-bond donors (Lipinski definition) is 0. The first-order chi connectivity index (χ1) is 23.4. The normalized spacial score (nSPS) is 15.9. The van der Waals surface area contributed by atoms with Crippen LogP contribution in [0.5, 0.6) is 0 Å². The highest BCUT2D eigenvalue weighted by molar-refractivity contribution is 5.91. The van der Waals surface area contributed by atoms with Gasteiger partial charge in [-0.3, -0.25) is 0 Å². The number of hydrogen-bond acceptors (Lipinski definition) is 0. The fourth-order valence-corrected chi connectivity index (χ4v) is 7.67. The van der Waals surface area contributed by atoms with E-state index in [1.54, 1.807) is 0 Å². The predicted octanol–water partition coefficient (Wildman–Crippen LogP) is 11.6. The van der Waals surface area contributed by atoms with Crippen LogP contribution in [0.3, 0.4) is 0 Å². The Morgan fingerprint density at radius 2 is 1.42 bits per heavy atom. The maximum atomic E-state index is 3.89. The van der Waals surface area contributed by atoms with Crippen molar-refractivity contribution in [1.29, 1.82) is 0 Å². The summed E-state index contributed by atoms with van der Waals surface area (Å²) in [5.74, 6) is 0.931. The highest BCUT2D eigenvalue weighted by Crippen LogP contribution is 2.48. The summed E-state index contributed by atoms with van der Waals surface area (Å²) in [6, 6.07) is 36.7. The molecular weight excluding hydrogens is 577 g/mol. The highest BCUT2D eigenvalue weighted by atomic mass is 14.3. The van der Waals surface area contributed by atoms with Gasteiger partial charge < -0.3 is 0 Å². The minimum Gasteiger partial charge on any atom is -0.0991 e. The van der Waals surface area contributed by atoms with E-state index in [-0.39, 0.29) is 5.92 Å². The second kappa shape index (κ2) is 13.3. The second-order valence-corrected chi connectivity index (χ2v) is 13.8. The Labute approximate surface area is 287 Å². The van der Waals surface area contributed by atoms with Crippen molar-refractivity contribution in [1.82, 2.24) is 0 Å². The van der Waals surface area contributed by atoms with Gasteiger partial charge in [0.15, 0.2) is 0 Å². The topological polar surface area (TPSA) is 0 Å². The zero-order valence-electron chi connectivity index (χ0n) is 29.1. The van der Waals surface area contributed by atoms with Crippen LogP contribution in [0.25, 0.3) is 56.7 Å². The third kappa shape index (κ3) is 5.97. The maximum Gasteiger partial charge on any atom is 0.00323 e. The van der Waals surface area contributed by atoms with Gasteiger partial charge in [0.2, 0.25) is 0 Å². The number of benzene rings is 5. The van der Waals surface area contributed by atoms with Gasteiger partial charge in [-0.05, 0) is 129 Å². The van der Waals surface area contributed by atoms with Gasteiger partial charge in [-0.15, -0.1) is 0 Å². The smallest absolute Gasteiger partial charge is 0.00323 e. The number of rotatable bonds is 8. The molecule has 1 unspecified atom stereocenters. The summed E-state index contributed by atoms with van der Waals surface area (Å²) in [5.41, 5.74) is 18.8. The van der Waals surface area contributed by atoms with E-state index >= 15 is 0 Å². The molecule has 1 atom stereocenters. The summed E-state index contributed by atoms with van der Waals surface area (Å²) in [5, 5.41) is 2.72. The molecule has 1 saturated carbocycles. The van der Waals surface area contributed by atoms with Gasteiger partial charge in [0.25, 0.3) is 0 Å². The van der Waals surface area contributed by atoms with Crippen molar-refractivity contribution in [3.63, 3.8) is 0 Å². The van der Waals surface area contributed by atoms with E-state index < -0.39 is 0 Å². The number of allylic oxidation sites excluding steroid dienone is 4. The van der Waals surface area contributed by atoms with Crippen LogP contribution >= 0.6 is 0 Å². The minimum absolute atomic E-state index is 0.289. The standard InChI is InChI=1S/C48H46/c1-7-9-12-37-24-25-40-26-28-43(33(5)34(6)48(40)42(37)8-2)41-27-29-44(38-22-23-38)46(30-41)47-32(4)11-10-13-45(47)39-20-18-36(19-21-39)35-16-14-31(3)15-17-35/h7,9-21,24-30,33,38H,1,8,22-23H2,2-6H3/b12-9-. The fourth-order valence-electron chi connectivity index (χ4n) is 7.67. The molecule has 0 radical (unpaired) electrons. The lowest BCUT2D eigenvalue weighted by atomic mass is 9.82. The number of fused-ring (bicyclic) bond motifs is 1. The largest absolute Gasteiger partial charge is 0.0991 e. The molecule has 0 heterocycles. The third-order valence-corrected chi connectivity index (χ3v) is 10.6. The zero-order valence-corrected chi connectivity index (χ0v) is 29.1. The Kier molecular flexibility index (Phi) is 8.76. The lowest BCUT2D eigenvalue weighted by molar-refractivity contribution is 0.961. The maximum absolute atomic E-state index is 3.89. The highest BCUT2D eigenvalue weighted by Gasteiger charge is 2.29. The van der Waals surface area contributed by atoms with E-state index in [0.29, 0.717) is 5.92 Å². The molecule has 1 fully saturated rings. The van der Waals surface area contributed by atoms with Gasteiger partial charge >= 0.3 is 0 Å². The molecule has 48 heavy (non-hydrogen) atoms. The van der Waals surface area contributed by atoms with Crippen molar-refractivity contribution in [3.05, 3.63) is 166 Å². The van der Waals surface area contributed by atoms with Gasteiger partial charge in [0, 0.05) is 5.92 Å². The summed E-state index contributed by atoms with van der Waals surface area (Å²) in [6.45, 7) is 15.3. The molecule has 2 aliphatic carbocycles. The molecule has 0 nitrogen and oxygen atoms in total. The van der Waals surface area contributed by atoms with Crippen molar-refractivity contribution in [2.45, 2.75) is 59.8 Å². The number of aryl methyl sites for hydroxylation is 2. The summed E-state index contributed by atoms with van der Waals surface area (Å²) >= 11 is 0. The Morgan fingerprint density at radius 1 is 0.729 bits per heavy atom. The van der Waals surface area contributed by atoms with Crippen LogP contribution < -0.4 is 10.4 Å². The molecule has 7 rings (SSSR count). The Hall–Kier alpha value is -4.94. The Balaban J connectivity index is 1.34. The van der Waals surface area contributed by atoms with Crippen LogP contribution in [-0.4, -0.2) is 0 Å². The Morgan fingerprint density at radius 3 is 2.10 bits per heavy atom. The third-order valence-electron chi connectivity index (χ3n) is 10.6. The molecule has 0 bridgehead atoms. The van der Waals surface area contributed by atoms with Crippen LogP contribution in [-0.2, 0) is 6.42 Å². The summed E-state index contributed by atoms with van der Waals surface area (Å²) in [6.07, 6.45) is 14.4. The SMILES string of the molecule is C=C/C=C\c1ccc2c(c1CC)=C(C)C(C)C(c1ccc(C3CC3)c(-c3c(C)cccc3-c3ccc(-c4ccc(C)cc4)cc3)c1)=CC=2. The van der Waals surface area contributed by atoms with Crippen LogP contribution in [0.15, 0.2) is 122 Å². The van der Waals surface area contributed by atoms with Crippen LogP contribution in [0, 0.1) is 19.8 Å². The molecule has 0 saturated heterocycles. The molecule has 2 aliphatic rings. The van der Waals surface area contributed by atoms with E-state index in [2.05, 4.69) is 156 Å². The predicted molar refractivity (Wildman–Crippen MR) is 209 cm³/mol. The van der Waals surface area contributed by atoms with Crippen LogP contribution in [0.2, 0.25) is 0 Å². The molecule has 0 amide bonds. The first-order valence-electron chi connectivity index (χ1n) is 17.6. The molecule has 0 aromatic heterocycles. The molecular formula is C48H46. The first kappa shape index (κ1) is 31.6. The molecule has 5 aromatic carbocycles. The van der Waals surface area contributed by atoms with Crippen LogP contribution in [0.1, 0.15) is 72.9 Å². The molecule has 0 N–H and O–H groups in total. The quantitative estimate of drug-likeness (QED) is 0.151. The molecule has 238 valence electrons. The van der Waals surface area contributed by atoms with Crippen molar-refractivity contribution in [2.24, 2.45) is 5.92 Å². The van der Waals surface area contributed by atoms with E-state index in [4.69, 9.17) is 0 Å². The monoisotopic (exact) mass is 622 g/mol. The minimum atomic E-state index is 0.289. The van der Waals surface area contributed by atoms with Crippen molar-refractivity contribution in [2.75, 3.05) is 0 Å². The average molecular weight is 623 g/mol. The van der Waals surface area contributed by atoms with Crippen molar-refractivity contribution in [3.8, 4) is 33.4 Å². The van der Waals surface area contributed by atoms with Gasteiger partial charge in [-0.2, -0.15) is 0 Å². The lowest BCUT2D eigenvalue weighted by Gasteiger charge is -2.22. The van der Waals surface area contributed by atoms with Gasteiger partial charge in [0.05, 0.1) is 0 Å². The average Bonchev–Trinajstić information content (AvgIpc) is 3.97. The second-order valence-electron chi connectivity index (χ2n) is 13.8. The summed E-state index contributed by atoms with van der Waals surface area (Å²) in [4.78, 5) is 0. The van der Waals surface area contributed by atoms with E-state index in [1.807, 2.05) is 12.2 Å². The molecule has 5 aromatic rings. The van der Waals surface area contributed by atoms with Crippen molar-refractivity contribution >= 4 is 23.3 Å². The Bertz CT molecular complexity index is 2200. The van der Waals surface area contributed by atoms with Gasteiger partial charge in [-0.25, -0.2) is 0 Å². The van der Waals surface area contributed by atoms with Gasteiger partial charge in [-0.1, -0.05) is 153 Å². The van der Waals surface area contributed by atoms with E-state index in [0.717, 1.165) is 6.42 Å². The van der Waals surface area contributed by atoms with Crippen LogP contribution in [0.4, 0.5) is 0 Å². The molecule has 0 heteroatoms. The van der Waals surface area contributed by atoms with E-state index in [9.17, 15) is 0 Å². The van der Waals surface area contributed by atoms with E-state index in [1.165, 1.54) is 101 Å². The fraction of sp³-hybridized carbons (Fsp3) is 0.208.